The lowest BCUT2D eigenvalue weighted by Crippen LogP contribution is -2.23. The van der Waals surface area contributed by atoms with Crippen molar-refractivity contribution in [3.8, 4) is 22.6 Å². The Balaban J connectivity index is 1.59. The Morgan fingerprint density at radius 1 is 0.844 bits per heavy atom. The van der Waals surface area contributed by atoms with Crippen molar-refractivity contribution >= 4 is 0 Å². The summed E-state index contributed by atoms with van der Waals surface area (Å²) in [4.78, 5) is 0. The first-order valence-corrected chi connectivity index (χ1v) is 9.84. The normalized spacial score (nSPS) is 15.5. The van der Waals surface area contributed by atoms with Crippen molar-refractivity contribution in [1.82, 2.24) is 0 Å². The van der Waals surface area contributed by atoms with Gasteiger partial charge in [0.1, 0.15) is 11.6 Å². The number of hydrogen-bond acceptors (Lipinski definition) is 2. The number of benzene rings is 3. The third-order valence-corrected chi connectivity index (χ3v) is 5.38. The molecule has 1 aliphatic rings. The molecular formula is C24H18F6O2. The molecule has 4 rings (SSSR count). The van der Waals surface area contributed by atoms with Crippen LogP contribution < -0.4 is 9.47 Å². The molecular weight excluding hydrogens is 434 g/mol. The largest absolute Gasteiger partial charge is 0.457 e. The van der Waals surface area contributed by atoms with Crippen molar-refractivity contribution in [3.05, 3.63) is 82.7 Å². The lowest BCUT2D eigenvalue weighted by Gasteiger charge is -2.20. The highest BCUT2D eigenvalue weighted by molar-refractivity contribution is 5.66. The third kappa shape index (κ3) is 4.26. The molecule has 0 aliphatic heterocycles. The van der Waals surface area contributed by atoms with Crippen LogP contribution >= 0.6 is 0 Å². The van der Waals surface area contributed by atoms with E-state index in [1.54, 1.807) is 0 Å². The highest BCUT2D eigenvalue weighted by Gasteiger charge is 2.38. The zero-order chi connectivity index (χ0) is 23.0. The molecule has 3 aromatic rings. The van der Waals surface area contributed by atoms with Crippen molar-refractivity contribution in [2.24, 2.45) is 5.92 Å². The maximum absolute atomic E-state index is 14.6. The van der Waals surface area contributed by atoms with Gasteiger partial charge in [-0.1, -0.05) is 31.2 Å². The molecule has 0 fully saturated rings. The molecule has 0 amide bonds. The first-order chi connectivity index (χ1) is 15.2. The number of ether oxygens (including phenoxy) is 2. The van der Waals surface area contributed by atoms with Gasteiger partial charge in [0.15, 0.2) is 17.4 Å². The van der Waals surface area contributed by atoms with Crippen molar-refractivity contribution in [3.63, 3.8) is 0 Å². The van der Waals surface area contributed by atoms with Crippen molar-refractivity contribution < 1.29 is 35.8 Å². The molecule has 3 aromatic carbocycles. The van der Waals surface area contributed by atoms with Crippen LogP contribution in [0.4, 0.5) is 26.3 Å². The molecule has 0 spiro atoms. The molecule has 2 nitrogen and oxygen atoms in total. The average Bonchev–Trinajstić information content (AvgIpc) is 3.09. The highest BCUT2D eigenvalue weighted by Crippen LogP contribution is 2.37. The smallest absolute Gasteiger partial charge is 0.429 e. The molecule has 0 saturated carbocycles. The maximum Gasteiger partial charge on any atom is 0.429 e. The first kappa shape index (κ1) is 22.0. The van der Waals surface area contributed by atoms with Crippen LogP contribution in [0.5, 0.6) is 11.5 Å². The minimum absolute atomic E-state index is 0.403. The van der Waals surface area contributed by atoms with E-state index in [0.29, 0.717) is 29.2 Å². The van der Waals surface area contributed by atoms with Gasteiger partial charge in [0, 0.05) is 12.1 Å². The molecule has 0 saturated heterocycles. The summed E-state index contributed by atoms with van der Waals surface area (Å²) in [7, 11) is 0. The molecule has 0 bridgehead atoms. The summed E-state index contributed by atoms with van der Waals surface area (Å²) in [6.45, 7) is 0.626. The summed E-state index contributed by atoms with van der Waals surface area (Å²) >= 11 is 0. The lowest BCUT2D eigenvalue weighted by molar-refractivity contribution is -0.187. The van der Waals surface area contributed by atoms with Crippen LogP contribution in [0.2, 0.25) is 0 Å². The lowest BCUT2D eigenvalue weighted by atomic mass is 9.99. The van der Waals surface area contributed by atoms with Crippen LogP contribution in [0.25, 0.3) is 11.1 Å². The minimum atomic E-state index is -4.22. The van der Waals surface area contributed by atoms with E-state index in [9.17, 15) is 26.3 Å². The van der Waals surface area contributed by atoms with Crippen LogP contribution in [-0.4, -0.2) is 6.86 Å². The summed E-state index contributed by atoms with van der Waals surface area (Å²) in [6.07, 6.45) is -2.36. The maximum atomic E-state index is 14.6. The number of hydrogen-bond donors (Lipinski definition) is 0. The van der Waals surface area contributed by atoms with Crippen molar-refractivity contribution in [1.29, 1.82) is 0 Å². The Bertz CT molecular complexity index is 1140. The second-order valence-electron chi connectivity index (χ2n) is 7.78. The Labute approximate surface area is 180 Å². The van der Waals surface area contributed by atoms with Crippen molar-refractivity contribution in [2.45, 2.75) is 25.9 Å². The Morgan fingerprint density at radius 2 is 1.47 bits per heavy atom. The highest BCUT2D eigenvalue weighted by atomic mass is 19.3. The van der Waals surface area contributed by atoms with Gasteiger partial charge < -0.3 is 9.47 Å². The third-order valence-electron chi connectivity index (χ3n) is 5.38. The number of halogens is 6. The number of fused-ring (bicyclic) bond motifs is 1. The molecule has 1 unspecified atom stereocenters. The molecule has 0 heterocycles. The van der Waals surface area contributed by atoms with Gasteiger partial charge in [-0.15, -0.1) is 0 Å². The van der Waals surface area contributed by atoms with E-state index in [0.717, 1.165) is 30.5 Å². The van der Waals surface area contributed by atoms with Gasteiger partial charge in [-0.2, -0.15) is 8.78 Å². The fraction of sp³-hybridized carbons (Fsp3) is 0.250. The van der Waals surface area contributed by atoms with Gasteiger partial charge in [-0.3, -0.25) is 0 Å². The Morgan fingerprint density at radius 3 is 2.12 bits per heavy atom. The second kappa shape index (κ2) is 8.41. The van der Waals surface area contributed by atoms with E-state index in [4.69, 9.17) is 0 Å². The summed E-state index contributed by atoms with van der Waals surface area (Å²) in [5, 5.41) is 0. The topological polar surface area (TPSA) is 18.5 Å². The SMILES string of the molecule is CC1Cc2ccc(-c3ccc(C(F)(F)Oc4cc(F)c(OCF)c(F)c4)c(F)c3)cc2C1. The predicted molar refractivity (Wildman–Crippen MR) is 106 cm³/mol. The fourth-order valence-electron chi connectivity index (χ4n) is 3.94. The quantitative estimate of drug-likeness (QED) is 0.377. The summed E-state index contributed by atoms with van der Waals surface area (Å²) in [6, 6.07) is 9.66. The average molecular weight is 452 g/mol. The van der Waals surface area contributed by atoms with E-state index in [1.165, 1.54) is 11.6 Å². The summed E-state index contributed by atoms with van der Waals surface area (Å²) in [5.74, 6) is -5.57. The number of rotatable bonds is 6. The van der Waals surface area contributed by atoms with Gasteiger partial charge in [0.05, 0.1) is 5.56 Å². The van der Waals surface area contributed by atoms with E-state index < -0.39 is 47.5 Å². The predicted octanol–water partition coefficient (Wildman–Crippen LogP) is 6.94. The van der Waals surface area contributed by atoms with Gasteiger partial charge in [0.2, 0.25) is 6.86 Å². The van der Waals surface area contributed by atoms with Crippen LogP contribution in [0.1, 0.15) is 23.6 Å². The minimum Gasteiger partial charge on any atom is -0.457 e. The fourth-order valence-corrected chi connectivity index (χ4v) is 3.94. The van der Waals surface area contributed by atoms with E-state index in [2.05, 4.69) is 16.4 Å². The van der Waals surface area contributed by atoms with Gasteiger partial charge in [0.25, 0.3) is 0 Å². The second-order valence-corrected chi connectivity index (χ2v) is 7.78. The molecule has 0 radical (unpaired) electrons. The molecule has 1 aliphatic carbocycles. The molecule has 8 heteroatoms. The molecule has 32 heavy (non-hydrogen) atoms. The molecule has 0 N–H and O–H groups in total. The monoisotopic (exact) mass is 452 g/mol. The van der Waals surface area contributed by atoms with Crippen LogP contribution in [0.15, 0.2) is 48.5 Å². The van der Waals surface area contributed by atoms with Crippen molar-refractivity contribution in [2.75, 3.05) is 6.86 Å². The van der Waals surface area contributed by atoms with E-state index in [1.807, 2.05) is 18.2 Å². The summed E-state index contributed by atoms with van der Waals surface area (Å²) in [5.41, 5.74) is 2.38. The van der Waals surface area contributed by atoms with Crippen LogP contribution in [0.3, 0.4) is 0 Å². The number of alkyl halides is 3. The Kier molecular flexibility index (Phi) is 5.79. The molecule has 168 valence electrons. The zero-order valence-corrected chi connectivity index (χ0v) is 16.9. The van der Waals surface area contributed by atoms with Crippen LogP contribution in [0, 0.1) is 23.4 Å². The molecule has 0 aromatic heterocycles. The Hall–Kier alpha value is -3.16. The first-order valence-electron chi connectivity index (χ1n) is 9.84. The van der Waals surface area contributed by atoms with Crippen LogP contribution in [-0.2, 0) is 19.0 Å². The van der Waals surface area contributed by atoms with E-state index >= 15 is 0 Å². The standard InChI is InChI=1S/C24H18F6O2/c1-13-6-14-2-3-15(8-17(14)7-13)16-4-5-19(20(26)9-16)24(29,30)32-18-10-21(27)23(31-12-25)22(28)11-18/h2-5,8-11,13H,6-7,12H2,1H3. The zero-order valence-electron chi connectivity index (χ0n) is 16.9. The van der Waals surface area contributed by atoms with E-state index in [-0.39, 0.29) is 0 Å². The van der Waals surface area contributed by atoms with Gasteiger partial charge in [-0.05, 0) is 53.1 Å². The van der Waals surface area contributed by atoms with Gasteiger partial charge in [-0.25, -0.2) is 17.6 Å². The molecule has 1 atom stereocenters. The van der Waals surface area contributed by atoms with Gasteiger partial charge >= 0.3 is 6.11 Å². The summed E-state index contributed by atoms with van der Waals surface area (Å²) < 4.78 is 92.0.